The Kier molecular flexibility index (Phi) is 5.47. The SMILES string of the molecule is CC(F)(F)[C@H]1CC[C@H](Oc2ccc3cc(CN4CC(C(=O)O)C4)ccc3c2)CC1. The molecule has 29 heavy (non-hydrogen) atoms. The Morgan fingerprint density at radius 1 is 1.10 bits per heavy atom. The topological polar surface area (TPSA) is 49.8 Å². The lowest BCUT2D eigenvalue weighted by molar-refractivity contribution is -0.147. The second-order valence-electron chi connectivity index (χ2n) is 8.62. The van der Waals surface area contributed by atoms with Gasteiger partial charge in [-0.1, -0.05) is 18.2 Å². The molecule has 0 aromatic heterocycles. The Morgan fingerprint density at radius 3 is 2.41 bits per heavy atom. The fraction of sp³-hybridized carbons (Fsp3) is 0.522. The van der Waals surface area contributed by atoms with Crippen LogP contribution in [0.2, 0.25) is 0 Å². The number of rotatable bonds is 6. The smallest absolute Gasteiger partial charge is 0.309 e. The number of carboxylic acid groups (broad SMARTS) is 1. The van der Waals surface area contributed by atoms with Crippen molar-refractivity contribution < 1.29 is 23.4 Å². The maximum absolute atomic E-state index is 13.5. The molecular weight excluding hydrogens is 376 g/mol. The van der Waals surface area contributed by atoms with Crippen LogP contribution >= 0.6 is 0 Å². The summed E-state index contributed by atoms with van der Waals surface area (Å²) in [5, 5.41) is 11.2. The van der Waals surface area contributed by atoms with Gasteiger partial charge in [-0.2, -0.15) is 0 Å². The van der Waals surface area contributed by atoms with Crippen LogP contribution in [0.1, 0.15) is 38.2 Å². The summed E-state index contributed by atoms with van der Waals surface area (Å²) in [5.74, 6) is -3.31. The fourth-order valence-electron chi connectivity index (χ4n) is 4.44. The summed E-state index contributed by atoms with van der Waals surface area (Å²) in [4.78, 5) is 13.0. The van der Waals surface area contributed by atoms with Gasteiger partial charge in [0, 0.05) is 25.6 Å². The number of carbonyl (C=O) groups is 1. The number of ether oxygens (including phenoxy) is 1. The van der Waals surface area contributed by atoms with Crippen molar-refractivity contribution in [3.8, 4) is 5.75 Å². The summed E-state index contributed by atoms with van der Waals surface area (Å²) in [7, 11) is 0. The zero-order chi connectivity index (χ0) is 20.6. The van der Waals surface area contributed by atoms with Gasteiger partial charge in [0.2, 0.25) is 5.92 Å². The van der Waals surface area contributed by atoms with Crippen molar-refractivity contribution in [2.75, 3.05) is 13.1 Å². The van der Waals surface area contributed by atoms with Crippen LogP contribution in [0.3, 0.4) is 0 Å². The fourth-order valence-corrected chi connectivity index (χ4v) is 4.44. The lowest BCUT2D eigenvalue weighted by atomic mass is 9.84. The van der Waals surface area contributed by atoms with Crippen LogP contribution in [-0.2, 0) is 11.3 Å². The van der Waals surface area contributed by atoms with Gasteiger partial charge in [0.05, 0.1) is 12.0 Å². The van der Waals surface area contributed by atoms with Gasteiger partial charge >= 0.3 is 5.97 Å². The van der Waals surface area contributed by atoms with Crippen molar-refractivity contribution >= 4 is 16.7 Å². The van der Waals surface area contributed by atoms with Crippen LogP contribution in [0.25, 0.3) is 10.8 Å². The van der Waals surface area contributed by atoms with Crippen molar-refractivity contribution in [2.45, 2.75) is 51.2 Å². The van der Waals surface area contributed by atoms with Gasteiger partial charge in [-0.3, -0.25) is 9.69 Å². The molecule has 156 valence electrons. The van der Waals surface area contributed by atoms with Crippen molar-refractivity contribution in [1.82, 2.24) is 4.90 Å². The van der Waals surface area contributed by atoms with Crippen LogP contribution in [0.5, 0.6) is 5.75 Å². The minimum atomic E-state index is -2.60. The van der Waals surface area contributed by atoms with E-state index >= 15 is 0 Å². The van der Waals surface area contributed by atoms with E-state index in [0.717, 1.165) is 35.6 Å². The zero-order valence-corrected chi connectivity index (χ0v) is 16.6. The van der Waals surface area contributed by atoms with E-state index in [1.54, 1.807) is 0 Å². The van der Waals surface area contributed by atoms with Gasteiger partial charge in [0.15, 0.2) is 0 Å². The molecule has 2 fully saturated rings. The van der Waals surface area contributed by atoms with E-state index in [4.69, 9.17) is 9.84 Å². The second kappa shape index (κ2) is 7.90. The van der Waals surface area contributed by atoms with Crippen LogP contribution in [0.15, 0.2) is 36.4 Å². The first-order valence-electron chi connectivity index (χ1n) is 10.3. The minimum Gasteiger partial charge on any atom is -0.490 e. The molecule has 6 heteroatoms. The van der Waals surface area contributed by atoms with Gasteiger partial charge in [-0.15, -0.1) is 0 Å². The summed E-state index contributed by atoms with van der Waals surface area (Å²) in [5.41, 5.74) is 1.16. The number of nitrogens with zero attached hydrogens (tertiary/aromatic N) is 1. The largest absolute Gasteiger partial charge is 0.490 e. The van der Waals surface area contributed by atoms with E-state index in [9.17, 15) is 13.6 Å². The number of alkyl halides is 2. The van der Waals surface area contributed by atoms with Crippen LogP contribution in [0.4, 0.5) is 8.78 Å². The van der Waals surface area contributed by atoms with Gasteiger partial charge in [0.25, 0.3) is 0 Å². The molecular formula is C23H27F2NO3. The minimum absolute atomic E-state index is 0.000999. The van der Waals surface area contributed by atoms with Crippen molar-refractivity contribution in [3.05, 3.63) is 42.0 Å². The average molecular weight is 403 g/mol. The van der Waals surface area contributed by atoms with E-state index in [1.807, 2.05) is 18.2 Å². The number of fused-ring (bicyclic) bond motifs is 1. The standard InChI is InChI=1S/C23H27F2NO3/c1-23(24,25)19-5-8-20(9-6-19)29-21-7-4-16-10-15(2-3-17(16)11-21)12-26-13-18(14-26)22(27)28/h2-4,7,10-11,18-20H,5-6,8-9,12-14H2,1H3,(H,27,28)/t19-,20-. The first-order valence-corrected chi connectivity index (χ1v) is 10.3. The molecule has 2 aliphatic rings. The van der Waals surface area contributed by atoms with E-state index in [1.165, 1.54) is 0 Å². The predicted molar refractivity (Wildman–Crippen MR) is 107 cm³/mol. The van der Waals surface area contributed by atoms with E-state index < -0.39 is 17.8 Å². The zero-order valence-electron chi connectivity index (χ0n) is 16.6. The highest BCUT2D eigenvalue weighted by molar-refractivity contribution is 5.84. The monoisotopic (exact) mass is 403 g/mol. The summed E-state index contributed by atoms with van der Waals surface area (Å²) < 4.78 is 33.0. The molecule has 2 aromatic carbocycles. The Hall–Kier alpha value is -2.21. The molecule has 0 unspecified atom stereocenters. The quantitative estimate of drug-likeness (QED) is 0.742. The molecule has 2 aromatic rings. The normalized spacial score (nSPS) is 23.7. The third-order valence-electron chi connectivity index (χ3n) is 6.28. The van der Waals surface area contributed by atoms with Gasteiger partial charge in [0.1, 0.15) is 5.75 Å². The van der Waals surface area contributed by atoms with E-state index in [2.05, 4.69) is 23.1 Å². The number of halogens is 2. The van der Waals surface area contributed by atoms with E-state index in [0.29, 0.717) is 38.8 Å². The molecule has 1 saturated carbocycles. The highest BCUT2D eigenvalue weighted by Gasteiger charge is 2.37. The van der Waals surface area contributed by atoms with Crippen LogP contribution in [-0.4, -0.2) is 41.1 Å². The summed E-state index contributed by atoms with van der Waals surface area (Å²) >= 11 is 0. The lowest BCUT2D eigenvalue weighted by Crippen LogP contribution is -2.49. The number of hydrogen-bond acceptors (Lipinski definition) is 3. The Balaban J connectivity index is 1.35. The Morgan fingerprint density at radius 2 is 1.76 bits per heavy atom. The maximum atomic E-state index is 13.5. The molecule has 1 aliphatic carbocycles. The van der Waals surface area contributed by atoms with E-state index in [-0.39, 0.29) is 12.0 Å². The van der Waals surface area contributed by atoms with Crippen molar-refractivity contribution in [1.29, 1.82) is 0 Å². The highest BCUT2D eigenvalue weighted by Crippen LogP contribution is 2.37. The van der Waals surface area contributed by atoms with Crippen molar-refractivity contribution in [2.24, 2.45) is 11.8 Å². The molecule has 0 amide bonds. The van der Waals surface area contributed by atoms with Crippen molar-refractivity contribution in [3.63, 3.8) is 0 Å². The molecule has 1 heterocycles. The molecule has 0 radical (unpaired) electrons. The number of hydrogen-bond donors (Lipinski definition) is 1. The van der Waals surface area contributed by atoms with Crippen LogP contribution in [0, 0.1) is 11.8 Å². The summed E-state index contributed by atoms with van der Waals surface area (Å²) in [6, 6.07) is 12.2. The number of likely N-dealkylation sites (tertiary alicyclic amines) is 1. The molecule has 0 bridgehead atoms. The van der Waals surface area contributed by atoms with Crippen LogP contribution < -0.4 is 4.74 Å². The lowest BCUT2D eigenvalue weighted by Gasteiger charge is -2.36. The Bertz CT molecular complexity index is 881. The molecule has 1 saturated heterocycles. The number of aliphatic carboxylic acids is 1. The van der Waals surface area contributed by atoms with Gasteiger partial charge in [-0.25, -0.2) is 8.78 Å². The first kappa shape index (κ1) is 20.1. The molecule has 4 nitrogen and oxygen atoms in total. The number of benzene rings is 2. The third kappa shape index (κ3) is 4.69. The maximum Gasteiger partial charge on any atom is 0.309 e. The average Bonchev–Trinajstić information content (AvgIpc) is 2.63. The molecule has 0 spiro atoms. The molecule has 4 rings (SSSR count). The number of carboxylic acids is 1. The molecule has 1 N–H and O–H groups in total. The summed E-state index contributed by atoms with van der Waals surface area (Å²) in [6.45, 7) is 2.98. The predicted octanol–water partition coefficient (Wildman–Crippen LogP) is 4.95. The highest BCUT2D eigenvalue weighted by atomic mass is 19.3. The van der Waals surface area contributed by atoms with Gasteiger partial charge in [-0.05, 0) is 67.1 Å². The summed E-state index contributed by atoms with van der Waals surface area (Å²) in [6.07, 6.45) is 2.34. The Labute approximate surface area is 169 Å². The first-order chi connectivity index (χ1) is 13.8. The second-order valence-corrected chi connectivity index (χ2v) is 8.62. The van der Waals surface area contributed by atoms with Gasteiger partial charge < -0.3 is 9.84 Å². The molecule has 1 aliphatic heterocycles. The molecule has 0 atom stereocenters. The third-order valence-corrected chi connectivity index (χ3v) is 6.28.